The van der Waals surface area contributed by atoms with Crippen LogP contribution in [0.15, 0.2) is 0 Å². The van der Waals surface area contributed by atoms with Gasteiger partial charge in [-0.05, 0) is 12.8 Å². The van der Waals surface area contributed by atoms with E-state index in [2.05, 4.69) is 11.8 Å². The van der Waals surface area contributed by atoms with Gasteiger partial charge >= 0.3 is 5.97 Å². The Morgan fingerprint density at radius 2 is 2.06 bits per heavy atom. The molecule has 100 valence electrons. The highest BCUT2D eigenvalue weighted by Gasteiger charge is 2.17. The number of ether oxygens (including phenoxy) is 2. The molecule has 1 rings (SSSR count). The first-order valence-electron chi connectivity index (χ1n) is 6.74. The summed E-state index contributed by atoms with van der Waals surface area (Å²) >= 11 is 0. The van der Waals surface area contributed by atoms with E-state index in [0.29, 0.717) is 6.61 Å². The van der Waals surface area contributed by atoms with E-state index in [1.807, 2.05) is 6.92 Å². The van der Waals surface area contributed by atoms with E-state index in [4.69, 9.17) is 9.47 Å². The van der Waals surface area contributed by atoms with E-state index < -0.39 is 0 Å². The third kappa shape index (κ3) is 5.50. The number of nitrogens with zero attached hydrogens (tertiary/aromatic N) is 1. The molecule has 4 nitrogen and oxygen atoms in total. The minimum atomic E-state index is -0.0254. The maximum Gasteiger partial charge on any atom is 0.308 e. The topological polar surface area (TPSA) is 38.8 Å². The second-order valence-corrected chi connectivity index (χ2v) is 4.52. The molecule has 0 radical (unpaired) electrons. The van der Waals surface area contributed by atoms with E-state index >= 15 is 0 Å². The lowest BCUT2D eigenvalue weighted by Gasteiger charge is -2.26. The van der Waals surface area contributed by atoms with Crippen LogP contribution in [-0.4, -0.2) is 50.3 Å². The molecule has 1 aliphatic heterocycles. The molecule has 0 aliphatic carbocycles. The standard InChI is InChI=1S/C13H25NO3/c1-3-5-12(4-2)13(15)17-11-8-14-6-9-16-10-7-14/h12H,3-11H2,1-2H3. The fourth-order valence-electron chi connectivity index (χ4n) is 2.06. The summed E-state index contributed by atoms with van der Waals surface area (Å²) in [6.07, 6.45) is 2.86. The molecule has 1 heterocycles. The van der Waals surface area contributed by atoms with Crippen molar-refractivity contribution in [3.05, 3.63) is 0 Å². The van der Waals surface area contributed by atoms with Gasteiger partial charge in [0.1, 0.15) is 6.61 Å². The van der Waals surface area contributed by atoms with Crippen LogP contribution in [0.25, 0.3) is 0 Å². The maximum absolute atomic E-state index is 11.7. The number of hydrogen-bond donors (Lipinski definition) is 0. The first kappa shape index (κ1) is 14.5. The van der Waals surface area contributed by atoms with Gasteiger partial charge in [-0.15, -0.1) is 0 Å². The molecule has 1 saturated heterocycles. The van der Waals surface area contributed by atoms with Crippen LogP contribution in [0.2, 0.25) is 0 Å². The lowest BCUT2D eigenvalue weighted by molar-refractivity contribution is -0.149. The van der Waals surface area contributed by atoms with Gasteiger partial charge in [0.15, 0.2) is 0 Å². The molecular formula is C13H25NO3. The van der Waals surface area contributed by atoms with E-state index in [1.165, 1.54) is 0 Å². The molecule has 1 aliphatic rings. The van der Waals surface area contributed by atoms with Crippen molar-refractivity contribution in [3.8, 4) is 0 Å². The third-order valence-corrected chi connectivity index (χ3v) is 3.22. The predicted molar refractivity (Wildman–Crippen MR) is 66.9 cm³/mol. The number of hydrogen-bond acceptors (Lipinski definition) is 4. The molecule has 17 heavy (non-hydrogen) atoms. The van der Waals surface area contributed by atoms with Crippen molar-refractivity contribution in [2.45, 2.75) is 33.1 Å². The largest absolute Gasteiger partial charge is 0.464 e. The van der Waals surface area contributed by atoms with Crippen molar-refractivity contribution in [1.29, 1.82) is 0 Å². The van der Waals surface area contributed by atoms with Crippen molar-refractivity contribution in [2.75, 3.05) is 39.5 Å². The lowest BCUT2D eigenvalue weighted by Crippen LogP contribution is -2.38. The number of carbonyl (C=O) groups excluding carboxylic acids is 1. The smallest absolute Gasteiger partial charge is 0.308 e. The molecule has 0 bridgehead atoms. The van der Waals surface area contributed by atoms with Gasteiger partial charge in [-0.2, -0.15) is 0 Å². The normalized spacial score (nSPS) is 18.9. The highest BCUT2D eigenvalue weighted by Crippen LogP contribution is 2.12. The van der Waals surface area contributed by atoms with Crippen molar-refractivity contribution in [2.24, 2.45) is 5.92 Å². The number of esters is 1. The number of morpholine rings is 1. The number of rotatable bonds is 7. The molecule has 0 saturated carbocycles. The minimum absolute atomic E-state index is 0.0254. The minimum Gasteiger partial charge on any atom is -0.464 e. The number of carbonyl (C=O) groups is 1. The van der Waals surface area contributed by atoms with Gasteiger partial charge < -0.3 is 9.47 Å². The molecule has 0 N–H and O–H groups in total. The molecule has 1 unspecified atom stereocenters. The molecule has 1 fully saturated rings. The van der Waals surface area contributed by atoms with Gasteiger partial charge in [-0.1, -0.05) is 20.3 Å². The summed E-state index contributed by atoms with van der Waals surface area (Å²) in [5.74, 6) is 0.0623. The molecule has 1 atom stereocenters. The summed E-state index contributed by atoms with van der Waals surface area (Å²) in [5, 5.41) is 0. The van der Waals surface area contributed by atoms with Gasteiger partial charge in [0.25, 0.3) is 0 Å². The predicted octanol–water partition coefficient (Wildman–Crippen LogP) is 1.69. The van der Waals surface area contributed by atoms with Gasteiger partial charge in [-0.3, -0.25) is 9.69 Å². The van der Waals surface area contributed by atoms with Crippen LogP contribution in [0.5, 0.6) is 0 Å². The second kappa shape index (κ2) is 8.48. The zero-order valence-corrected chi connectivity index (χ0v) is 11.1. The second-order valence-electron chi connectivity index (χ2n) is 4.52. The quantitative estimate of drug-likeness (QED) is 0.638. The Kier molecular flexibility index (Phi) is 7.21. The molecule has 0 aromatic rings. The Morgan fingerprint density at radius 1 is 1.35 bits per heavy atom. The SMILES string of the molecule is CCCC(CC)C(=O)OCCN1CCOCC1. The summed E-state index contributed by atoms with van der Waals surface area (Å²) in [6.45, 7) is 8.97. The first-order chi connectivity index (χ1) is 8.27. The Hall–Kier alpha value is -0.610. The van der Waals surface area contributed by atoms with Crippen molar-refractivity contribution < 1.29 is 14.3 Å². The molecule has 0 aromatic heterocycles. The highest BCUT2D eigenvalue weighted by atomic mass is 16.5. The summed E-state index contributed by atoms with van der Waals surface area (Å²) < 4.78 is 10.6. The monoisotopic (exact) mass is 243 g/mol. The average Bonchev–Trinajstić information content (AvgIpc) is 2.37. The van der Waals surface area contributed by atoms with Crippen LogP contribution in [0.3, 0.4) is 0 Å². The van der Waals surface area contributed by atoms with Crippen LogP contribution in [-0.2, 0) is 14.3 Å². The highest BCUT2D eigenvalue weighted by molar-refractivity contribution is 5.72. The fourth-order valence-corrected chi connectivity index (χ4v) is 2.06. The van der Waals surface area contributed by atoms with Gasteiger partial charge in [-0.25, -0.2) is 0 Å². The molecular weight excluding hydrogens is 218 g/mol. The van der Waals surface area contributed by atoms with E-state index in [9.17, 15) is 4.79 Å². The van der Waals surface area contributed by atoms with E-state index in [-0.39, 0.29) is 11.9 Å². The molecule has 4 heteroatoms. The lowest BCUT2D eigenvalue weighted by atomic mass is 10.0. The Morgan fingerprint density at radius 3 is 2.65 bits per heavy atom. The third-order valence-electron chi connectivity index (χ3n) is 3.22. The first-order valence-corrected chi connectivity index (χ1v) is 6.74. The summed E-state index contributed by atoms with van der Waals surface area (Å²) in [7, 11) is 0. The molecule has 0 spiro atoms. The Balaban J connectivity index is 2.13. The summed E-state index contributed by atoms with van der Waals surface area (Å²) in [6, 6.07) is 0. The van der Waals surface area contributed by atoms with Gasteiger partial charge in [0.05, 0.1) is 19.1 Å². The van der Waals surface area contributed by atoms with Gasteiger partial charge in [0.2, 0.25) is 0 Å². The van der Waals surface area contributed by atoms with Gasteiger partial charge in [0, 0.05) is 19.6 Å². The van der Waals surface area contributed by atoms with Crippen LogP contribution >= 0.6 is 0 Å². The zero-order chi connectivity index (χ0) is 12.5. The Bertz CT molecular complexity index is 215. The van der Waals surface area contributed by atoms with Crippen molar-refractivity contribution >= 4 is 5.97 Å². The molecule has 0 amide bonds. The summed E-state index contributed by atoms with van der Waals surface area (Å²) in [4.78, 5) is 14.0. The van der Waals surface area contributed by atoms with E-state index in [0.717, 1.165) is 52.1 Å². The van der Waals surface area contributed by atoms with E-state index in [1.54, 1.807) is 0 Å². The average molecular weight is 243 g/mol. The van der Waals surface area contributed by atoms with Crippen LogP contribution in [0, 0.1) is 5.92 Å². The van der Waals surface area contributed by atoms with Crippen molar-refractivity contribution in [3.63, 3.8) is 0 Å². The molecule has 0 aromatic carbocycles. The van der Waals surface area contributed by atoms with Crippen molar-refractivity contribution in [1.82, 2.24) is 4.90 Å². The fraction of sp³-hybridized carbons (Fsp3) is 0.923. The Labute approximate surface area is 104 Å². The van der Waals surface area contributed by atoms with Crippen LogP contribution < -0.4 is 0 Å². The zero-order valence-electron chi connectivity index (χ0n) is 11.1. The van der Waals surface area contributed by atoms with Crippen LogP contribution in [0.4, 0.5) is 0 Å². The maximum atomic E-state index is 11.7. The van der Waals surface area contributed by atoms with Crippen LogP contribution in [0.1, 0.15) is 33.1 Å². The summed E-state index contributed by atoms with van der Waals surface area (Å²) in [5.41, 5.74) is 0.